The highest BCUT2D eigenvalue weighted by Crippen LogP contribution is 2.42. The summed E-state index contributed by atoms with van der Waals surface area (Å²) in [5.74, 6) is -0.0989. The average Bonchev–Trinajstić information content (AvgIpc) is 3.09. The number of rotatable bonds is 3. The minimum atomic E-state index is -0.535. The van der Waals surface area contributed by atoms with Crippen molar-refractivity contribution in [3.63, 3.8) is 0 Å². The van der Waals surface area contributed by atoms with Gasteiger partial charge in [0.1, 0.15) is 12.6 Å². The van der Waals surface area contributed by atoms with E-state index in [-0.39, 0.29) is 24.4 Å². The number of aromatic nitrogens is 1. The second kappa shape index (κ2) is 6.78. The largest absolute Gasteiger partial charge is 0.356 e. The fourth-order valence-corrected chi connectivity index (χ4v) is 4.86. The molecule has 2 aliphatic rings. The van der Waals surface area contributed by atoms with Gasteiger partial charge in [-0.25, -0.2) is 0 Å². The molecule has 3 heterocycles. The Kier molecular flexibility index (Phi) is 4.21. The summed E-state index contributed by atoms with van der Waals surface area (Å²) in [5.41, 5.74) is 3.96. The number of amides is 2. The molecule has 5 rings (SSSR count). The first-order chi connectivity index (χ1) is 14.1. The number of piperazine rings is 1. The summed E-state index contributed by atoms with van der Waals surface area (Å²) < 4.78 is 0. The molecule has 0 aliphatic carbocycles. The zero-order valence-corrected chi connectivity index (χ0v) is 16.5. The average molecular weight is 406 g/mol. The smallest absolute Gasteiger partial charge is 0.246 e. The van der Waals surface area contributed by atoms with Gasteiger partial charge in [-0.1, -0.05) is 48.0 Å². The van der Waals surface area contributed by atoms with Crippen LogP contribution in [-0.2, 0) is 16.0 Å². The van der Waals surface area contributed by atoms with Gasteiger partial charge in [-0.3, -0.25) is 9.59 Å². The predicted octanol–water partition coefficient (Wildman–Crippen LogP) is 3.69. The third kappa shape index (κ3) is 2.76. The summed E-state index contributed by atoms with van der Waals surface area (Å²) in [5, 5.41) is 1.70. The molecular formula is C23H20ClN3O2. The van der Waals surface area contributed by atoms with Crippen LogP contribution >= 0.6 is 11.6 Å². The standard InChI is InChI=1S/C23H20ClN3O2/c1-2-10-26-13-20(28)27-19(23(26)29)12-17-16-8-3-4-9-18(16)25-21(17)22(27)14-6-5-7-15(24)11-14/h2-9,11,19,22,25H,1,10,12-13H2/t19-,22?/m0/s1. The van der Waals surface area contributed by atoms with E-state index in [9.17, 15) is 9.59 Å². The molecule has 0 radical (unpaired) electrons. The first kappa shape index (κ1) is 18.0. The molecule has 1 fully saturated rings. The van der Waals surface area contributed by atoms with Crippen molar-refractivity contribution in [1.29, 1.82) is 0 Å². The van der Waals surface area contributed by atoms with Gasteiger partial charge < -0.3 is 14.8 Å². The Morgan fingerprint density at radius 2 is 2.00 bits per heavy atom. The van der Waals surface area contributed by atoms with E-state index in [4.69, 9.17) is 11.6 Å². The fraction of sp³-hybridized carbons (Fsp3) is 0.217. The van der Waals surface area contributed by atoms with Crippen molar-refractivity contribution in [3.8, 4) is 0 Å². The molecule has 29 heavy (non-hydrogen) atoms. The Bertz CT molecular complexity index is 1150. The Morgan fingerprint density at radius 3 is 2.79 bits per heavy atom. The second-order valence-electron chi connectivity index (χ2n) is 7.55. The number of benzene rings is 2. The molecule has 2 amide bonds. The van der Waals surface area contributed by atoms with Gasteiger partial charge >= 0.3 is 0 Å². The fourth-order valence-electron chi connectivity index (χ4n) is 4.66. The summed E-state index contributed by atoms with van der Waals surface area (Å²) in [6.07, 6.45) is 2.16. The van der Waals surface area contributed by atoms with E-state index >= 15 is 0 Å². The first-order valence-corrected chi connectivity index (χ1v) is 10.0. The number of H-pyrrole nitrogens is 1. The topological polar surface area (TPSA) is 56.4 Å². The Labute approximate surface area is 173 Å². The lowest BCUT2D eigenvalue weighted by molar-refractivity contribution is -0.158. The first-order valence-electron chi connectivity index (χ1n) is 9.64. The lowest BCUT2D eigenvalue weighted by atomic mass is 9.86. The lowest BCUT2D eigenvalue weighted by Gasteiger charge is -2.47. The van der Waals surface area contributed by atoms with E-state index in [2.05, 4.69) is 17.6 Å². The Balaban J connectivity index is 1.73. The van der Waals surface area contributed by atoms with E-state index < -0.39 is 6.04 Å². The number of fused-ring (bicyclic) bond motifs is 4. The van der Waals surface area contributed by atoms with Crippen molar-refractivity contribution >= 4 is 34.3 Å². The monoisotopic (exact) mass is 405 g/mol. The predicted molar refractivity (Wildman–Crippen MR) is 113 cm³/mol. The minimum Gasteiger partial charge on any atom is -0.356 e. The number of nitrogens with zero attached hydrogens (tertiary/aromatic N) is 2. The summed E-state index contributed by atoms with van der Waals surface area (Å²) in [7, 11) is 0. The molecular weight excluding hydrogens is 386 g/mol. The number of hydrogen-bond acceptors (Lipinski definition) is 2. The van der Waals surface area contributed by atoms with E-state index in [1.165, 1.54) is 0 Å². The van der Waals surface area contributed by atoms with Crippen molar-refractivity contribution < 1.29 is 9.59 Å². The van der Waals surface area contributed by atoms with Crippen molar-refractivity contribution in [1.82, 2.24) is 14.8 Å². The van der Waals surface area contributed by atoms with Crippen molar-refractivity contribution in [2.45, 2.75) is 18.5 Å². The highest BCUT2D eigenvalue weighted by Gasteiger charge is 2.47. The number of para-hydroxylation sites is 1. The summed E-state index contributed by atoms with van der Waals surface area (Å²) in [6.45, 7) is 4.16. The quantitative estimate of drug-likeness (QED) is 0.675. The van der Waals surface area contributed by atoms with Crippen LogP contribution in [-0.4, -0.2) is 45.7 Å². The van der Waals surface area contributed by atoms with Crippen LogP contribution in [0.25, 0.3) is 10.9 Å². The van der Waals surface area contributed by atoms with Crippen LogP contribution < -0.4 is 0 Å². The summed E-state index contributed by atoms with van der Waals surface area (Å²) in [6, 6.07) is 14.7. The maximum absolute atomic E-state index is 13.3. The van der Waals surface area contributed by atoms with Crippen molar-refractivity contribution in [2.24, 2.45) is 0 Å². The van der Waals surface area contributed by atoms with Crippen LogP contribution in [0.5, 0.6) is 0 Å². The zero-order valence-electron chi connectivity index (χ0n) is 15.8. The van der Waals surface area contributed by atoms with Gasteiger partial charge in [0.05, 0.1) is 6.04 Å². The number of hydrogen-bond donors (Lipinski definition) is 1. The van der Waals surface area contributed by atoms with Gasteiger partial charge in [-0.05, 0) is 29.3 Å². The third-order valence-corrected chi connectivity index (χ3v) is 6.09. The van der Waals surface area contributed by atoms with Gasteiger partial charge in [-0.15, -0.1) is 6.58 Å². The molecule has 2 atom stereocenters. The van der Waals surface area contributed by atoms with Gasteiger partial charge in [0.15, 0.2) is 0 Å². The van der Waals surface area contributed by atoms with E-state index in [1.807, 2.05) is 42.5 Å². The maximum Gasteiger partial charge on any atom is 0.246 e. The minimum absolute atomic E-state index is 0.0348. The highest BCUT2D eigenvalue weighted by atomic mass is 35.5. The Hall–Kier alpha value is -3.05. The number of halogens is 1. The van der Waals surface area contributed by atoms with E-state index in [0.717, 1.165) is 27.7 Å². The molecule has 6 heteroatoms. The van der Waals surface area contributed by atoms with Crippen LogP contribution in [0.15, 0.2) is 61.2 Å². The molecule has 1 unspecified atom stereocenters. The molecule has 2 aromatic carbocycles. The normalized spacial score (nSPS) is 21.3. The molecule has 146 valence electrons. The van der Waals surface area contributed by atoms with Crippen LogP contribution in [0.1, 0.15) is 22.9 Å². The van der Waals surface area contributed by atoms with Crippen LogP contribution in [0, 0.1) is 0 Å². The SMILES string of the molecule is C=CCN1CC(=O)N2C(c3cccc(Cl)c3)c3[nH]c4ccccc4c3C[C@H]2C1=O. The molecule has 2 aliphatic heterocycles. The lowest BCUT2D eigenvalue weighted by Crippen LogP contribution is -2.62. The van der Waals surface area contributed by atoms with E-state index in [0.29, 0.717) is 18.0 Å². The van der Waals surface area contributed by atoms with E-state index in [1.54, 1.807) is 15.9 Å². The summed E-state index contributed by atoms with van der Waals surface area (Å²) >= 11 is 6.27. The Morgan fingerprint density at radius 1 is 1.17 bits per heavy atom. The molecule has 5 nitrogen and oxygen atoms in total. The van der Waals surface area contributed by atoms with Gasteiger partial charge in [0, 0.05) is 34.6 Å². The summed E-state index contributed by atoms with van der Waals surface area (Å²) in [4.78, 5) is 33.3. The molecule has 0 saturated carbocycles. The van der Waals surface area contributed by atoms with Crippen molar-refractivity contribution in [3.05, 3.63) is 83.0 Å². The molecule has 1 aromatic heterocycles. The zero-order chi connectivity index (χ0) is 20.1. The molecule has 0 bridgehead atoms. The second-order valence-corrected chi connectivity index (χ2v) is 7.99. The van der Waals surface area contributed by atoms with Gasteiger partial charge in [-0.2, -0.15) is 0 Å². The van der Waals surface area contributed by atoms with Crippen molar-refractivity contribution in [2.75, 3.05) is 13.1 Å². The number of nitrogens with one attached hydrogen (secondary N) is 1. The highest BCUT2D eigenvalue weighted by molar-refractivity contribution is 6.30. The van der Waals surface area contributed by atoms with Gasteiger partial charge in [0.25, 0.3) is 0 Å². The molecule has 0 spiro atoms. The van der Waals surface area contributed by atoms with Crippen LogP contribution in [0.2, 0.25) is 5.02 Å². The maximum atomic E-state index is 13.3. The van der Waals surface area contributed by atoms with Crippen LogP contribution in [0.4, 0.5) is 0 Å². The molecule has 1 saturated heterocycles. The molecule has 1 N–H and O–H groups in total. The number of carbonyl (C=O) groups excluding carboxylic acids is 2. The number of aromatic amines is 1. The van der Waals surface area contributed by atoms with Gasteiger partial charge in [0.2, 0.25) is 11.8 Å². The third-order valence-electron chi connectivity index (χ3n) is 5.86. The number of carbonyl (C=O) groups is 2. The van der Waals surface area contributed by atoms with Crippen LogP contribution in [0.3, 0.4) is 0 Å². The molecule has 3 aromatic rings.